The average molecular weight is 269 g/mol. The Hall–Kier alpha value is -1.06. The zero-order valence-electron chi connectivity index (χ0n) is 10.9. The third-order valence-corrected chi connectivity index (χ3v) is 3.46. The summed E-state index contributed by atoms with van der Waals surface area (Å²) in [6, 6.07) is 7.70. The molecule has 0 fully saturated rings. The van der Waals surface area contributed by atoms with E-state index in [1.165, 1.54) is 0 Å². The molecule has 4 heteroatoms. The molecule has 18 heavy (non-hydrogen) atoms. The SMILES string of the molecule is CCC(CC)NCC(C(N)=O)c1ccc(Cl)cc1. The van der Waals surface area contributed by atoms with Gasteiger partial charge in [-0.3, -0.25) is 4.79 Å². The molecule has 0 aliphatic rings. The molecule has 0 heterocycles. The van der Waals surface area contributed by atoms with Gasteiger partial charge in [-0.25, -0.2) is 0 Å². The van der Waals surface area contributed by atoms with Crippen LogP contribution < -0.4 is 11.1 Å². The third-order valence-electron chi connectivity index (χ3n) is 3.21. The first-order valence-electron chi connectivity index (χ1n) is 6.36. The van der Waals surface area contributed by atoms with Gasteiger partial charge in [0.1, 0.15) is 0 Å². The van der Waals surface area contributed by atoms with E-state index in [4.69, 9.17) is 17.3 Å². The first-order valence-corrected chi connectivity index (χ1v) is 6.74. The number of primary amides is 1. The molecule has 0 aromatic heterocycles. The van der Waals surface area contributed by atoms with Crippen LogP contribution >= 0.6 is 11.6 Å². The highest BCUT2D eigenvalue weighted by Crippen LogP contribution is 2.18. The molecule has 0 aliphatic heterocycles. The van der Waals surface area contributed by atoms with Crippen LogP contribution in [0.15, 0.2) is 24.3 Å². The number of carbonyl (C=O) groups excluding carboxylic acids is 1. The summed E-state index contributed by atoms with van der Waals surface area (Å²) in [5.74, 6) is -0.612. The highest BCUT2D eigenvalue weighted by atomic mass is 35.5. The number of rotatable bonds is 7. The van der Waals surface area contributed by atoms with Crippen molar-refractivity contribution in [2.24, 2.45) is 5.73 Å². The lowest BCUT2D eigenvalue weighted by atomic mass is 9.98. The molecule has 0 saturated heterocycles. The lowest BCUT2D eigenvalue weighted by Gasteiger charge is -2.19. The van der Waals surface area contributed by atoms with Gasteiger partial charge in [0.15, 0.2) is 0 Å². The predicted molar refractivity (Wildman–Crippen MR) is 75.8 cm³/mol. The molecule has 0 bridgehead atoms. The number of amides is 1. The topological polar surface area (TPSA) is 55.1 Å². The van der Waals surface area contributed by atoms with Crippen molar-refractivity contribution >= 4 is 17.5 Å². The Balaban J connectivity index is 2.71. The van der Waals surface area contributed by atoms with Gasteiger partial charge in [0.25, 0.3) is 0 Å². The van der Waals surface area contributed by atoms with E-state index in [1.807, 2.05) is 12.1 Å². The predicted octanol–water partition coefficient (Wildman–Crippen LogP) is 2.69. The maximum absolute atomic E-state index is 11.5. The Bertz CT molecular complexity index is 374. The number of benzene rings is 1. The molecule has 0 spiro atoms. The Morgan fingerprint density at radius 2 is 1.83 bits per heavy atom. The molecule has 3 nitrogen and oxygen atoms in total. The van der Waals surface area contributed by atoms with Crippen molar-refractivity contribution in [2.45, 2.75) is 38.6 Å². The largest absolute Gasteiger partial charge is 0.369 e. The van der Waals surface area contributed by atoms with Crippen LogP contribution in [0.5, 0.6) is 0 Å². The first kappa shape index (κ1) is 15.0. The molecule has 0 saturated carbocycles. The summed E-state index contributed by atoms with van der Waals surface area (Å²) in [7, 11) is 0. The molecule has 1 unspecified atom stereocenters. The van der Waals surface area contributed by atoms with E-state index < -0.39 is 0 Å². The summed E-state index contributed by atoms with van der Waals surface area (Å²) in [6.45, 7) is 4.83. The van der Waals surface area contributed by atoms with E-state index >= 15 is 0 Å². The van der Waals surface area contributed by atoms with Gasteiger partial charge in [-0.2, -0.15) is 0 Å². The van der Waals surface area contributed by atoms with E-state index in [1.54, 1.807) is 12.1 Å². The summed E-state index contributed by atoms with van der Waals surface area (Å²) in [5.41, 5.74) is 6.37. The van der Waals surface area contributed by atoms with Gasteiger partial charge in [-0.05, 0) is 30.5 Å². The molecule has 1 aromatic carbocycles. The van der Waals surface area contributed by atoms with Gasteiger partial charge in [0, 0.05) is 17.6 Å². The van der Waals surface area contributed by atoms with Crippen LogP contribution in [0.1, 0.15) is 38.2 Å². The van der Waals surface area contributed by atoms with Crippen LogP contribution in [0.4, 0.5) is 0 Å². The Morgan fingerprint density at radius 3 is 2.28 bits per heavy atom. The van der Waals surface area contributed by atoms with Crippen LogP contribution in [0.25, 0.3) is 0 Å². The lowest BCUT2D eigenvalue weighted by Crippen LogP contribution is -2.36. The molecular formula is C14H21ClN2O. The maximum atomic E-state index is 11.5. The van der Waals surface area contributed by atoms with Crippen LogP contribution in [0.2, 0.25) is 5.02 Å². The van der Waals surface area contributed by atoms with Crippen molar-refractivity contribution in [3.63, 3.8) is 0 Å². The molecule has 1 rings (SSSR count). The number of nitrogens with one attached hydrogen (secondary N) is 1. The zero-order valence-corrected chi connectivity index (χ0v) is 11.7. The fourth-order valence-corrected chi connectivity index (χ4v) is 2.07. The highest BCUT2D eigenvalue weighted by Gasteiger charge is 2.18. The summed E-state index contributed by atoms with van der Waals surface area (Å²) >= 11 is 5.84. The van der Waals surface area contributed by atoms with Gasteiger partial charge >= 0.3 is 0 Å². The Labute approximate surface area is 114 Å². The van der Waals surface area contributed by atoms with Crippen LogP contribution in [0.3, 0.4) is 0 Å². The fourth-order valence-electron chi connectivity index (χ4n) is 1.94. The van der Waals surface area contributed by atoms with Gasteiger partial charge in [-0.1, -0.05) is 37.6 Å². The quantitative estimate of drug-likeness (QED) is 0.799. The second-order valence-electron chi connectivity index (χ2n) is 4.43. The van der Waals surface area contributed by atoms with Crippen LogP contribution in [-0.2, 0) is 4.79 Å². The smallest absolute Gasteiger partial charge is 0.226 e. The van der Waals surface area contributed by atoms with Crippen LogP contribution in [0, 0.1) is 0 Å². The standard InChI is InChI=1S/C14H21ClN2O/c1-3-12(4-2)17-9-13(14(16)18)10-5-7-11(15)8-6-10/h5-8,12-13,17H,3-4,9H2,1-2H3,(H2,16,18). The summed E-state index contributed by atoms with van der Waals surface area (Å²) in [6.07, 6.45) is 2.09. The van der Waals surface area contributed by atoms with E-state index in [0.29, 0.717) is 17.6 Å². The van der Waals surface area contributed by atoms with E-state index in [0.717, 1.165) is 18.4 Å². The highest BCUT2D eigenvalue weighted by molar-refractivity contribution is 6.30. The number of nitrogens with two attached hydrogens (primary N) is 1. The Kier molecular flexibility index (Phi) is 6.16. The first-order chi connectivity index (χ1) is 8.58. The molecule has 1 aromatic rings. The molecule has 1 amide bonds. The minimum absolute atomic E-state index is 0.303. The molecule has 0 aliphatic carbocycles. The maximum Gasteiger partial charge on any atom is 0.226 e. The third kappa shape index (κ3) is 4.31. The average Bonchev–Trinajstić information content (AvgIpc) is 2.36. The van der Waals surface area contributed by atoms with Gasteiger partial charge in [0.05, 0.1) is 5.92 Å². The fraction of sp³-hybridized carbons (Fsp3) is 0.500. The molecule has 100 valence electrons. The minimum atomic E-state index is -0.309. The van der Waals surface area contributed by atoms with E-state index in [2.05, 4.69) is 19.2 Å². The van der Waals surface area contributed by atoms with E-state index in [9.17, 15) is 4.79 Å². The van der Waals surface area contributed by atoms with Gasteiger partial charge < -0.3 is 11.1 Å². The van der Waals surface area contributed by atoms with Crippen molar-refractivity contribution in [1.82, 2.24) is 5.32 Å². The zero-order chi connectivity index (χ0) is 13.5. The van der Waals surface area contributed by atoms with Crippen LogP contribution in [-0.4, -0.2) is 18.5 Å². The number of carbonyl (C=O) groups is 1. The summed E-state index contributed by atoms with van der Waals surface area (Å²) < 4.78 is 0. The summed E-state index contributed by atoms with van der Waals surface area (Å²) in [4.78, 5) is 11.5. The van der Waals surface area contributed by atoms with E-state index in [-0.39, 0.29) is 11.8 Å². The molecule has 3 N–H and O–H groups in total. The van der Waals surface area contributed by atoms with Crippen molar-refractivity contribution in [2.75, 3.05) is 6.54 Å². The second kappa shape index (κ2) is 7.39. The molecular weight excluding hydrogens is 248 g/mol. The van der Waals surface area contributed by atoms with Crippen molar-refractivity contribution in [1.29, 1.82) is 0 Å². The monoisotopic (exact) mass is 268 g/mol. The number of halogens is 1. The van der Waals surface area contributed by atoms with Crippen molar-refractivity contribution < 1.29 is 4.79 Å². The summed E-state index contributed by atoms with van der Waals surface area (Å²) in [5, 5.41) is 4.04. The van der Waals surface area contributed by atoms with Crippen molar-refractivity contribution in [3.8, 4) is 0 Å². The van der Waals surface area contributed by atoms with Gasteiger partial charge in [-0.15, -0.1) is 0 Å². The minimum Gasteiger partial charge on any atom is -0.369 e. The normalized spacial score (nSPS) is 12.7. The number of hydrogen-bond acceptors (Lipinski definition) is 2. The second-order valence-corrected chi connectivity index (χ2v) is 4.86. The van der Waals surface area contributed by atoms with Crippen molar-refractivity contribution in [3.05, 3.63) is 34.9 Å². The molecule has 0 radical (unpaired) electrons. The Morgan fingerprint density at radius 1 is 1.28 bits per heavy atom. The molecule has 1 atom stereocenters. The lowest BCUT2D eigenvalue weighted by molar-refractivity contribution is -0.119. The van der Waals surface area contributed by atoms with Gasteiger partial charge in [0.2, 0.25) is 5.91 Å². The number of hydrogen-bond donors (Lipinski definition) is 2.